The molecule has 1 aromatic heterocycles. The van der Waals surface area contributed by atoms with Crippen LogP contribution in [-0.2, 0) is 17.9 Å². The van der Waals surface area contributed by atoms with Crippen LogP contribution < -0.4 is 5.32 Å². The third-order valence-corrected chi connectivity index (χ3v) is 3.75. The molecule has 2 rings (SSSR count). The summed E-state index contributed by atoms with van der Waals surface area (Å²) in [5.74, 6) is -0.776. The van der Waals surface area contributed by atoms with Gasteiger partial charge in [0.15, 0.2) is 0 Å². The largest absolute Gasteiger partial charge is 0.481 e. The lowest BCUT2D eigenvalue weighted by Gasteiger charge is -2.27. The summed E-state index contributed by atoms with van der Waals surface area (Å²) in [7, 11) is 0. The Morgan fingerprint density at radius 2 is 2.22 bits per heavy atom. The van der Waals surface area contributed by atoms with Crippen LogP contribution in [-0.4, -0.2) is 26.9 Å². The number of hydrogen-bond donors (Lipinski definition) is 2. The van der Waals surface area contributed by atoms with Crippen molar-refractivity contribution < 1.29 is 9.90 Å². The number of hydrogen-bond acceptors (Lipinski definition) is 3. The average Bonchev–Trinajstić information content (AvgIpc) is 2.84. The van der Waals surface area contributed by atoms with Gasteiger partial charge in [-0.25, -0.2) is 0 Å². The molecule has 1 fully saturated rings. The van der Waals surface area contributed by atoms with Gasteiger partial charge in [0.05, 0.1) is 11.6 Å². The number of aliphatic carboxylic acids is 1. The van der Waals surface area contributed by atoms with Gasteiger partial charge in [-0.1, -0.05) is 0 Å². The SMILES string of the molecule is CCn1nccc1CNC1CCC(C(=O)O)CC1. The lowest BCUT2D eigenvalue weighted by atomic mass is 9.86. The van der Waals surface area contributed by atoms with Crippen LogP contribution in [0.5, 0.6) is 0 Å². The van der Waals surface area contributed by atoms with Gasteiger partial charge in [-0.15, -0.1) is 0 Å². The second-order valence-corrected chi connectivity index (χ2v) is 4.91. The fourth-order valence-corrected chi connectivity index (χ4v) is 2.59. The molecule has 0 spiro atoms. The zero-order valence-electron chi connectivity index (χ0n) is 10.8. The molecule has 0 atom stereocenters. The maximum Gasteiger partial charge on any atom is 0.306 e. The van der Waals surface area contributed by atoms with Crippen LogP contribution in [0.4, 0.5) is 0 Å². The second-order valence-electron chi connectivity index (χ2n) is 4.91. The van der Waals surface area contributed by atoms with Crippen molar-refractivity contribution >= 4 is 5.97 Å². The first-order chi connectivity index (χ1) is 8.70. The van der Waals surface area contributed by atoms with E-state index in [9.17, 15) is 4.79 Å². The summed E-state index contributed by atoms with van der Waals surface area (Å²) in [6, 6.07) is 2.47. The minimum absolute atomic E-state index is 0.135. The van der Waals surface area contributed by atoms with E-state index in [1.807, 2.05) is 16.9 Å². The van der Waals surface area contributed by atoms with Crippen LogP contribution in [0.2, 0.25) is 0 Å². The number of carboxylic acids is 1. The van der Waals surface area contributed by atoms with E-state index in [2.05, 4.69) is 17.3 Å². The fourth-order valence-electron chi connectivity index (χ4n) is 2.59. The van der Waals surface area contributed by atoms with E-state index in [-0.39, 0.29) is 5.92 Å². The lowest BCUT2D eigenvalue weighted by molar-refractivity contribution is -0.142. The van der Waals surface area contributed by atoms with Crippen molar-refractivity contribution in [1.29, 1.82) is 0 Å². The maximum atomic E-state index is 10.9. The quantitative estimate of drug-likeness (QED) is 0.834. The highest BCUT2D eigenvalue weighted by Crippen LogP contribution is 2.24. The molecule has 0 aliphatic heterocycles. The predicted octanol–water partition coefficient (Wildman–Crippen LogP) is 1.64. The monoisotopic (exact) mass is 251 g/mol. The third-order valence-electron chi connectivity index (χ3n) is 3.75. The van der Waals surface area contributed by atoms with Crippen molar-refractivity contribution in [3.05, 3.63) is 18.0 Å². The van der Waals surface area contributed by atoms with Gasteiger partial charge in [-0.3, -0.25) is 9.48 Å². The smallest absolute Gasteiger partial charge is 0.306 e. The molecule has 1 aliphatic carbocycles. The van der Waals surface area contributed by atoms with Crippen LogP contribution in [0.1, 0.15) is 38.3 Å². The Kier molecular flexibility index (Phi) is 4.36. The minimum atomic E-state index is -0.641. The summed E-state index contributed by atoms with van der Waals surface area (Å²) < 4.78 is 1.98. The minimum Gasteiger partial charge on any atom is -0.481 e. The molecule has 5 heteroatoms. The summed E-state index contributed by atoms with van der Waals surface area (Å²) in [4.78, 5) is 10.9. The maximum absolute atomic E-state index is 10.9. The first-order valence-electron chi connectivity index (χ1n) is 6.67. The summed E-state index contributed by atoms with van der Waals surface area (Å²) in [6.45, 7) is 3.78. The third kappa shape index (κ3) is 3.10. The van der Waals surface area contributed by atoms with Crippen molar-refractivity contribution in [3.63, 3.8) is 0 Å². The molecule has 0 saturated heterocycles. The van der Waals surface area contributed by atoms with Crippen molar-refractivity contribution in [2.24, 2.45) is 5.92 Å². The second kappa shape index (κ2) is 6.00. The summed E-state index contributed by atoms with van der Waals surface area (Å²) in [5.41, 5.74) is 1.19. The number of nitrogens with zero attached hydrogens (tertiary/aromatic N) is 2. The highest BCUT2D eigenvalue weighted by Gasteiger charge is 2.25. The Morgan fingerprint density at radius 3 is 2.83 bits per heavy atom. The van der Waals surface area contributed by atoms with Crippen LogP contribution in [0, 0.1) is 5.92 Å². The summed E-state index contributed by atoms with van der Waals surface area (Å²) in [5, 5.41) is 16.7. The number of carboxylic acid groups (broad SMARTS) is 1. The fraction of sp³-hybridized carbons (Fsp3) is 0.692. The number of rotatable bonds is 5. The molecule has 0 amide bonds. The van der Waals surface area contributed by atoms with Gasteiger partial charge in [-0.05, 0) is 38.7 Å². The van der Waals surface area contributed by atoms with Crippen molar-refractivity contribution in [3.8, 4) is 0 Å². The van der Waals surface area contributed by atoms with E-state index >= 15 is 0 Å². The Morgan fingerprint density at radius 1 is 1.50 bits per heavy atom. The molecule has 100 valence electrons. The Bertz CT molecular complexity index is 395. The normalized spacial score (nSPS) is 24.1. The van der Waals surface area contributed by atoms with E-state index in [4.69, 9.17) is 5.11 Å². The van der Waals surface area contributed by atoms with Gasteiger partial charge in [-0.2, -0.15) is 5.10 Å². The zero-order chi connectivity index (χ0) is 13.0. The number of carbonyl (C=O) groups is 1. The molecule has 1 heterocycles. The van der Waals surface area contributed by atoms with Gasteiger partial charge < -0.3 is 10.4 Å². The van der Waals surface area contributed by atoms with Gasteiger partial charge in [0.1, 0.15) is 0 Å². The summed E-state index contributed by atoms with van der Waals surface area (Å²) >= 11 is 0. The molecule has 1 aliphatic rings. The topological polar surface area (TPSA) is 67.2 Å². The molecule has 1 aromatic rings. The van der Waals surface area contributed by atoms with Gasteiger partial charge in [0.2, 0.25) is 0 Å². The van der Waals surface area contributed by atoms with E-state index in [1.54, 1.807) is 0 Å². The van der Waals surface area contributed by atoms with Crippen molar-refractivity contribution in [2.45, 2.75) is 51.7 Å². The average molecular weight is 251 g/mol. The highest BCUT2D eigenvalue weighted by molar-refractivity contribution is 5.70. The molecular weight excluding hydrogens is 230 g/mol. The molecule has 5 nitrogen and oxygen atoms in total. The van der Waals surface area contributed by atoms with E-state index in [0.29, 0.717) is 6.04 Å². The Balaban J connectivity index is 1.77. The van der Waals surface area contributed by atoms with Gasteiger partial charge in [0.25, 0.3) is 0 Å². The molecule has 1 saturated carbocycles. The van der Waals surface area contributed by atoms with Crippen LogP contribution in [0.3, 0.4) is 0 Å². The van der Waals surface area contributed by atoms with E-state index in [0.717, 1.165) is 38.8 Å². The molecule has 2 N–H and O–H groups in total. The highest BCUT2D eigenvalue weighted by atomic mass is 16.4. The zero-order valence-corrected chi connectivity index (χ0v) is 10.8. The van der Waals surface area contributed by atoms with Gasteiger partial charge >= 0.3 is 5.97 Å². The predicted molar refractivity (Wildman–Crippen MR) is 68.1 cm³/mol. The Labute approximate surface area is 107 Å². The van der Waals surface area contributed by atoms with Crippen molar-refractivity contribution in [2.75, 3.05) is 0 Å². The van der Waals surface area contributed by atoms with Crippen LogP contribution in [0.15, 0.2) is 12.3 Å². The molecular formula is C13H21N3O2. The first-order valence-corrected chi connectivity index (χ1v) is 6.67. The molecule has 0 aromatic carbocycles. The van der Waals surface area contributed by atoms with Crippen molar-refractivity contribution in [1.82, 2.24) is 15.1 Å². The number of aromatic nitrogens is 2. The van der Waals surface area contributed by atoms with E-state index in [1.165, 1.54) is 5.69 Å². The molecule has 0 radical (unpaired) electrons. The number of nitrogens with one attached hydrogen (secondary N) is 1. The molecule has 0 unspecified atom stereocenters. The standard InChI is InChI=1S/C13H21N3O2/c1-2-16-12(7-8-15-16)9-14-11-5-3-10(4-6-11)13(17)18/h7-8,10-11,14H,2-6,9H2,1H3,(H,17,18). The molecule has 18 heavy (non-hydrogen) atoms. The lowest BCUT2D eigenvalue weighted by Crippen LogP contribution is -2.35. The van der Waals surface area contributed by atoms with Crippen LogP contribution in [0.25, 0.3) is 0 Å². The number of aryl methyl sites for hydroxylation is 1. The van der Waals surface area contributed by atoms with Crippen LogP contribution >= 0.6 is 0 Å². The Hall–Kier alpha value is -1.36. The first kappa shape index (κ1) is 13.1. The van der Waals surface area contributed by atoms with E-state index < -0.39 is 5.97 Å². The van der Waals surface area contributed by atoms with Gasteiger partial charge in [0, 0.05) is 25.3 Å². The summed E-state index contributed by atoms with van der Waals surface area (Å²) in [6.07, 6.45) is 5.32. The molecule has 0 bridgehead atoms.